The van der Waals surface area contributed by atoms with E-state index in [-0.39, 0.29) is 29.9 Å². The van der Waals surface area contributed by atoms with Crippen molar-refractivity contribution in [2.24, 2.45) is 0 Å². The molecule has 0 saturated carbocycles. The monoisotopic (exact) mass is 550 g/mol. The first-order chi connectivity index (χ1) is 18.9. The van der Waals surface area contributed by atoms with Crippen molar-refractivity contribution in [1.29, 1.82) is 0 Å². The Hall–Kier alpha value is -3.73. The summed E-state index contributed by atoms with van der Waals surface area (Å²) in [6.45, 7) is 6.48. The van der Waals surface area contributed by atoms with Gasteiger partial charge in [0.05, 0.1) is 34.8 Å². The van der Waals surface area contributed by atoms with Gasteiger partial charge in [-0.2, -0.15) is 5.10 Å². The molecule has 0 aliphatic carbocycles. The van der Waals surface area contributed by atoms with Crippen molar-refractivity contribution < 1.29 is 19.1 Å². The lowest BCUT2D eigenvalue weighted by Crippen LogP contribution is -2.46. The van der Waals surface area contributed by atoms with E-state index in [0.717, 1.165) is 29.2 Å². The van der Waals surface area contributed by atoms with Crippen LogP contribution in [0.2, 0.25) is 0 Å². The van der Waals surface area contributed by atoms with Crippen molar-refractivity contribution >= 4 is 29.2 Å². The van der Waals surface area contributed by atoms with Gasteiger partial charge >= 0.3 is 6.09 Å². The Labute approximate surface area is 232 Å². The number of hydrogen-bond donors (Lipinski definition) is 1. The highest BCUT2D eigenvalue weighted by molar-refractivity contribution is 7.09. The molecule has 0 bridgehead atoms. The number of thiazole rings is 1. The maximum atomic E-state index is 13.3. The van der Waals surface area contributed by atoms with Gasteiger partial charge in [0.1, 0.15) is 5.69 Å². The number of benzene rings is 1. The Morgan fingerprint density at radius 3 is 2.41 bits per heavy atom. The molecule has 206 valence electrons. The van der Waals surface area contributed by atoms with Gasteiger partial charge in [-0.05, 0) is 51.7 Å². The first-order valence-corrected chi connectivity index (χ1v) is 14.4. The standard InChI is InChI=1S/C28H34N6O4S/c1-3-38-28(37)33-15-11-21(12-16-33)30-25(35)24-18-39-26(31-24)20-9-13-32(14-10-20)27(36)23-17-29-34(19(23)2)22-7-5-4-6-8-22/h4-8,17-18,20-21H,3,9-16H2,1-2H3,(H,30,35). The minimum absolute atomic E-state index is 0.00124. The normalized spacial score (nSPS) is 16.8. The molecule has 5 rings (SSSR count). The highest BCUT2D eigenvalue weighted by atomic mass is 32.1. The van der Waals surface area contributed by atoms with Crippen LogP contribution in [0, 0.1) is 6.92 Å². The highest BCUT2D eigenvalue weighted by Gasteiger charge is 2.29. The zero-order chi connectivity index (χ0) is 27.4. The van der Waals surface area contributed by atoms with Crippen LogP contribution >= 0.6 is 11.3 Å². The molecule has 2 aliphatic rings. The van der Waals surface area contributed by atoms with E-state index in [1.807, 2.05) is 47.5 Å². The molecule has 1 aromatic carbocycles. The van der Waals surface area contributed by atoms with Gasteiger partial charge in [0.25, 0.3) is 11.8 Å². The second kappa shape index (κ2) is 12.0. The van der Waals surface area contributed by atoms with E-state index in [1.54, 1.807) is 22.7 Å². The highest BCUT2D eigenvalue weighted by Crippen LogP contribution is 2.31. The third-order valence-corrected chi connectivity index (χ3v) is 8.49. The molecule has 1 N–H and O–H groups in total. The quantitative estimate of drug-likeness (QED) is 0.497. The van der Waals surface area contributed by atoms with Crippen molar-refractivity contribution in [3.05, 3.63) is 63.9 Å². The average Bonchev–Trinajstić information content (AvgIpc) is 3.61. The van der Waals surface area contributed by atoms with Crippen molar-refractivity contribution in [3.63, 3.8) is 0 Å². The van der Waals surface area contributed by atoms with Crippen LogP contribution in [0.25, 0.3) is 5.69 Å². The Morgan fingerprint density at radius 2 is 1.72 bits per heavy atom. The Balaban J connectivity index is 1.12. The maximum Gasteiger partial charge on any atom is 0.409 e. The number of rotatable bonds is 6. The number of ether oxygens (including phenoxy) is 1. The molecule has 0 spiro atoms. The number of aromatic nitrogens is 3. The Morgan fingerprint density at radius 1 is 1.03 bits per heavy atom. The zero-order valence-electron chi connectivity index (χ0n) is 22.3. The summed E-state index contributed by atoms with van der Waals surface area (Å²) < 4.78 is 6.86. The number of carbonyl (C=O) groups excluding carboxylic acids is 3. The summed E-state index contributed by atoms with van der Waals surface area (Å²) in [6, 6.07) is 9.81. The lowest BCUT2D eigenvalue weighted by molar-refractivity contribution is 0.0711. The third kappa shape index (κ3) is 5.98. The van der Waals surface area contributed by atoms with E-state index in [1.165, 1.54) is 11.3 Å². The first kappa shape index (κ1) is 26.9. The van der Waals surface area contributed by atoms with Crippen LogP contribution in [-0.2, 0) is 4.74 Å². The van der Waals surface area contributed by atoms with Gasteiger partial charge in [-0.15, -0.1) is 11.3 Å². The predicted octanol–water partition coefficient (Wildman–Crippen LogP) is 4.01. The number of likely N-dealkylation sites (tertiary alicyclic amines) is 2. The number of nitrogens with zero attached hydrogens (tertiary/aromatic N) is 5. The zero-order valence-corrected chi connectivity index (χ0v) is 23.2. The molecule has 3 aromatic rings. The van der Waals surface area contributed by atoms with Crippen molar-refractivity contribution in [1.82, 2.24) is 29.9 Å². The van der Waals surface area contributed by atoms with Crippen LogP contribution in [-0.4, -0.2) is 81.3 Å². The van der Waals surface area contributed by atoms with Crippen molar-refractivity contribution in [3.8, 4) is 5.69 Å². The summed E-state index contributed by atoms with van der Waals surface area (Å²) in [4.78, 5) is 46.2. The van der Waals surface area contributed by atoms with Crippen LogP contribution in [0.5, 0.6) is 0 Å². The topological polar surface area (TPSA) is 110 Å². The minimum atomic E-state index is -0.295. The van der Waals surface area contributed by atoms with E-state index in [0.29, 0.717) is 56.9 Å². The van der Waals surface area contributed by atoms with Gasteiger partial charge < -0.3 is 19.9 Å². The average molecular weight is 551 g/mol. The molecule has 0 unspecified atom stereocenters. The summed E-state index contributed by atoms with van der Waals surface area (Å²) in [5.74, 6) is 0.0495. The largest absolute Gasteiger partial charge is 0.450 e. The van der Waals surface area contributed by atoms with Crippen LogP contribution in [0.3, 0.4) is 0 Å². The van der Waals surface area contributed by atoms with Gasteiger partial charge in [-0.25, -0.2) is 14.5 Å². The predicted molar refractivity (Wildman–Crippen MR) is 147 cm³/mol. The Kier molecular flexibility index (Phi) is 8.25. The van der Waals surface area contributed by atoms with Gasteiger partial charge in [-0.1, -0.05) is 18.2 Å². The fourth-order valence-corrected chi connectivity index (χ4v) is 6.18. The molecular formula is C28H34N6O4S. The molecule has 0 radical (unpaired) electrons. The summed E-state index contributed by atoms with van der Waals surface area (Å²) in [6.07, 6.45) is 4.35. The fraction of sp³-hybridized carbons (Fsp3) is 0.464. The number of amides is 3. The molecule has 2 saturated heterocycles. The molecule has 11 heteroatoms. The lowest BCUT2D eigenvalue weighted by atomic mass is 9.97. The summed E-state index contributed by atoms with van der Waals surface area (Å²) in [7, 11) is 0. The summed E-state index contributed by atoms with van der Waals surface area (Å²) in [5, 5.41) is 10.3. The van der Waals surface area contributed by atoms with Crippen molar-refractivity contribution in [2.45, 2.75) is 51.5 Å². The summed E-state index contributed by atoms with van der Waals surface area (Å²) in [5.41, 5.74) is 2.82. The third-order valence-electron chi connectivity index (χ3n) is 7.48. The van der Waals surface area contributed by atoms with Gasteiger partial charge in [0, 0.05) is 43.5 Å². The van der Waals surface area contributed by atoms with E-state index < -0.39 is 0 Å². The first-order valence-electron chi connectivity index (χ1n) is 13.5. The van der Waals surface area contributed by atoms with Crippen molar-refractivity contribution in [2.75, 3.05) is 32.8 Å². The Bertz CT molecular complexity index is 1310. The second-order valence-corrected chi connectivity index (χ2v) is 10.9. The molecule has 10 nitrogen and oxygen atoms in total. The lowest BCUT2D eigenvalue weighted by Gasteiger charge is -2.31. The van der Waals surface area contributed by atoms with Crippen LogP contribution in [0.15, 0.2) is 41.9 Å². The van der Waals surface area contributed by atoms with Gasteiger partial charge in [-0.3, -0.25) is 9.59 Å². The molecule has 0 atom stereocenters. The molecular weight excluding hydrogens is 516 g/mol. The molecule has 4 heterocycles. The molecule has 2 aliphatic heterocycles. The van der Waals surface area contributed by atoms with E-state index in [2.05, 4.69) is 15.4 Å². The number of piperidine rings is 2. The van der Waals surface area contributed by atoms with Crippen LogP contribution in [0.1, 0.15) is 70.1 Å². The number of para-hydroxylation sites is 1. The van der Waals surface area contributed by atoms with E-state index >= 15 is 0 Å². The molecule has 2 fully saturated rings. The van der Waals surface area contributed by atoms with Gasteiger partial charge in [0.2, 0.25) is 0 Å². The fourth-order valence-electron chi connectivity index (χ4n) is 5.21. The van der Waals surface area contributed by atoms with Crippen LogP contribution in [0.4, 0.5) is 4.79 Å². The smallest absolute Gasteiger partial charge is 0.409 e. The van der Waals surface area contributed by atoms with E-state index in [4.69, 9.17) is 4.74 Å². The maximum absolute atomic E-state index is 13.3. The molecule has 39 heavy (non-hydrogen) atoms. The van der Waals surface area contributed by atoms with Gasteiger partial charge in [0.15, 0.2) is 0 Å². The molecule has 2 aromatic heterocycles. The number of carbonyl (C=O) groups is 3. The van der Waals surface area contributed by atoms with Crippen LogP contribution < -0.4 is 5.32 Å². The summed E-state index contributed by atoms with van der Waals surface area (Å²) >= 11 is 1.51. The SMILES string of the molecule is CCOC(=O)N1CCC(NC(=O)c2csc(C3CCN(C(=O)c4cnn(-c5ccccc5)c4C)CC3)n2)CC1. The number of nitrogens with one attached hydrogen (secondary N) is 1. The van der Waals surface area contributed by atoms with E-state index in [9.17, 15) is 14.4 Å². The second-order valence-electron chi connectivity index (χ2n) is 9.96. The minimum Gasteiger partial charge on any atom is -0.450 e. The number of hydrogen-bond acceptors (Lipinski definition) is 7. The molecule has 3 amide bonds.